The molecule has 0 bridgehead atoms. The van der Waals surface area contributed by atoms with Crippen molar-refractivity contribution < 1.29 is 4.79 Å². The number of hydrogen-bond acceptors (Lipinski definition) is 4. The molecule has 0 aliphatic rings. The minimum atomic E-state index is 0.640. The van der Waals surface area contributed by atoms with Gasteiger partial charge in [-0.2, -0.15) is 0 Å². The van der Waals surface area contributed by atoms with Gasteiger partial charge in [0.05, 0.1) is 5.69 Å². The number of carbonyl (C=O) groups is 1. The van der Waals surface area contributed by atoms with Gasteiger partial charge in [0.1, 0.15) is 0 Å². The molecule has 4 nitrogen and oxygen atoms in total. The maximum absolute atomic E-state index is 10.6. The summed E-state index contributed by atoms with van der Waals surface area (Å²) in [6.45, 7) is 0. The van der Waals surface area contributed by atoms with Gasteiger partial charge in [0.2, 0.25) is 6.41 Å². The molecule has 2 rings (SSSR count). The van der Waals surface area contributed by atoms with Crippen LogP contribution >= 0.6 is 11.8 Å². The molecule has 0 radical (unpaired) electrons. The number of carbonyl (C=O) groups excluding carboxylic acids is 1. The Labute approximate surface area is 116 Å². The summed E-state index contributed by atoms with van der Waals surface area (Å²) < 4.78 is 0. The minimum Gasteiger partial charge on any atom is -0.399 e. The Morgan fingerprint density at radius 2 is 2.26 bits per heavy atom. The number of nitrogens with two attached hydrogens (primary N) is 1. The first-order chi connectivity index (χ1) is 9.29. The third kappa shape index (κ3) is 3.99. The van der Waals surface area contributed by atoms with Gasteiger partial charge in [-0.15, -0.1) is 11.8 Å². The van der Waals surface area contributed by atoms with E-state index >= 15 is 0 Å². The lowest BCUT2D eigenvalue weighted by atomic mass is 10.2. The molecule has 0 atom stereocenters. The molecule has 98 valence electrons. The highest BCUT2D eigenvalue weighted by Crippen LogP contribution is 2.29. The van der Waals surface area contributed by atoms with Crippen molar-refractivity contribution in [3.63, 3.8) is 0 Å². The van der Waals surface area contributed by atoms with Gasteiger partial charge >= 0.3 is 0 Å². The number of nitrogens with zero attached hydrogens (tertiary/aromatic N) is 1. The molecule has 0 aliphatic carbocycles. The second-order valence-electron chi connectivity index (χ2n) is 3.98. The Kier molecular flexibility index (Phi) is 4.80. The standard InChI is InChI=1S/C14H15N3OS/c15-12-3-4-14(13(8-12)17-10-18)19-7-5-11-2-1-6-16-9-11/h1-4,6,8-10H,5,7,15H2,(H,17,18). The molecule has 1 aromatic heterocycles. The van der Waals surface area contributed by atoms with Crippen LogP contribution in [0.1, 0.15) is 5.56 Å². The van der Waals surface area contributed by atoms with Crippen molar-refractivity contribution in [2.24, 2.45) is 0 Å². The molecule has 0 fully saturated rings. The number of amides is 1. The summed E-state index contributed by atoms with van der Waals surface area (Å²) in [4.78, 5) is 15.7. The molecule has 0 aliphatic heterocycles. The second kappa shape index (κ2) is 6.80. The lowest BCUT2D eigenvalue weighted by molar-refractivity contribution is -0.105. The maximum atomic E-state index is 10.6. The normalized spacial score (nSPS) is 10.1. The molecule has 0 saturated carbocycles. The summed E-state index contributed by atoms with van der Waals surface area (Å²) in [7, 11) is 0. The zero-order valence-corrected chi connectivity index (χ0v) is 11.2. The number of pyridine rings is 1. The van der Waals surface area contributed by atoms with Crippen LogP contribution in [0.5, 0.6) is 0 Å². The molecule has 1 aromatic carbocycles. The number of aromatic nitrogens is 1. The van der Waals surface area contributed by atoms with Gasteiger partial charge in [0, 0.05) is 28.7 Å². The zero-order chi connectivity index (χ0) is 13.5. The van der Waals surface area contributed by atoms with Crippen LogP contribution in [-0.4, -0.2) is 17.1 Å². The number of benzene rings is 1. The smallest absolute Gasteiger partial charge is 0.211 e. The van der Waals surface area contributed by atoms with Crippen molar-refractivity contribution in [2.75, 3.05) is 16.8 Å². The van der Waals surface area contributed by atoms with Crippen LogP contribution in [0, 0.1) is 0 Å². The summed E-state index contributed by atoms with van der Waals surface area (Å²) in [6.07, 6.45) is 5.24. The summed E-state index contributed by atoms with van der Waals surface area (Å²) in [5.41, 5.74) is 8.30. The Balaban J connectivity index is 1.97. The Bertz CT molecular complexity index is 546. The topological polar surface area (TPSA) is 68.0 Å². The zero-order valence-electron chi connectivity index (χ0n) is 10.4. The van der Waals surface area contributed by atoms with Crippen molar-refractivity contribution in [3.8, 4) is 0 Å². The molecule has 2 aromatic rings. The lowest BCUT2D eigenvalue weighted by Gasteiger charge is -2.08. The fourth-order valence-corrected chi connectivity index (χ4v) is 2.67. The predicted octanol–water partition coefficient (Wildman–Crippen LogP) is 2.57. The summed E-state index contributed by atoms with van der Waals surface area (Å²) in [5, 5.41) is 2.67. The van der Waals surface area contributed by atoms with Gasteiger partial charge in [0.25, 0.3) is 0 Å². The minimum absolute atomic E-state index is 0.640. The van der Waals surface area contributed by atoms with Gasteiger partial charge in [-0.05, 0) is 36.2 Å². The average molecular weight is 273 g/mol. The first-order valence-corrected chi connectivity index (χ1v) is 6.89. The van der Waals surface area contributed by atoms with E-state index in [1.54, 1.807) is 24.0 Å². The average Bonchev–Trinajstić information content (AvgIpc) is 2.43. The second-order valence-corrected chi connectivity index (χ2v) is 5.11. The third-order valence-electron chi connectivity index (χ3n) is 2.59. The first-order valence-electron chi connectivity index (χ1n) is 5.91. The van der Waals surface area contributed by atoms with Crippen molar-refractivity contribution in [1.29, 1.82) is 0 Å². The number of thioether (sulfide) groups is 1. The molecule has 5 heteroatoms. The largest absolute Gasteiger partial charge is 0.399 e. The van der Waals surface area contributed by atoms with Gasteiger partial charge in [0.15, 0.2) is 0 Å². The molecular weight excluding hydrogens is 258 g/mol. The van der Waals surface area contributed by atoms with E-state index in [0.717, 1.165) is 22.8 Å². The Morgan fingerprint density at radius 1 is 1.37 bits per heavy atom. The van der Waals surface area contributed by atoms with Crippen LogP contribution in [0.2, 0.25) is 0 Å². The van der Waals surface area contributed by atoms with Crippen molar-refractivity contribution in [2.45, 2.75) is 11.3 Å². The highest BCUT2D eigenvalue weighted by atomic mass is 32.2. The quantitative estimate of drug-likeness (QED) is 0.482. The molecule has 1 amide bonds. The number of nitrogens with one attached hydrogen (secondary N) is 1. The summed E-state index contributed by atoms with van der Waals surface area (Å²) in [6, 6.07) is 9.52. The summed E-state index contributed by atoms with van der Waals surface area (Å²) in [5.74, 6) is 0.920. The number of anilines is 2. The van der Waals surface area contributed by atoms with Crippen LogP contribution < -0.4 is 11.1 Å². The molecule has 1 heterocycles. The van der Waals surface area contributed by atoms with Crippen molar-refractivity contribution >= 4 is 29.5 Å². The molecule has 0 spiro atoms. The fourth-order valence-electron chi connectivity index (χ4n) is 1.67. The first kappa shape index (κ1) is 13.4. The maximum Gasteiger partial charge on any atom is 0.211 e. The number of hydrogen-bond donors (Lipinski definition) is 2. The predicted molar refractivity (Wildman–Crippen MR) is 79.2 cm³/mol. The highest BCUT2D eigenvalue weighted by molar-refractivity contribution is 7.99. The number of aryl methyl sites for hydroxylation is 1. The monoisotopic (exact) mass is 273 g/mol. The van der Waals surface area contributed by atoms with E-state index in [-0.39, 0.29) is 0 Å². The van der Waals surface area contributed by atoms with E-state index in [0.29, 0.717) is 12.1 Å². The van der Waals surface area contributed by atoms with E-state index in [2.05, 4.69) is 16.4 Å². The van der Waals surface area contributed by atoms with Crippen LogP contribution in [0.15, 0.2) is 47.6 Å². The van der Waals surface area contributed by atoms with E-state index in [1.165, 1.54) is 5.56 Å². The van der Waals surface area contributed by atoms with E-state index in [1.807, 2.05) is 24.4 Å². The number of nitrogen functional groups attached to an aromatic ring is 1. The SMILES string of the molecule is Nc1ccc(SCCc2cccnc2)c(NC=O)c1. The van der Waals surface area contributed by atoms with Gasteiger partial charge in [-0.25, -0.2) is 0 Å². The van der Waals surface area contributed by atoms with Crippen LogP contribution in [0.4, 0.5) is 11.4 Å². The highest BCUT2D eigenvalue weighted by Gasteiger charge is 2.03. The van der Waals surface area contributed by atoms with E-state index < -0.39 is 0 Å². The summed E-state index contributed by atoms with van der Waals surface area (Å²) >= 11 is 1.69. The molecular formula is C14H15N3OS. The van der Waals surface area contributed by atoms with Gasteiger partial charge in [-0.3, -0.25) is 9.78 Å². The van der Waals surface area contributed by atoms with Crippen molar-refractivity contribution in [1.82, 2.24) is 4.98 Å². The molecule has 3 N–H and O–H groups in total. The van der Waals surface area contributed by atoms with Crippen LogP contribution in [-0.2, 0) is 11.2 Å². The molecule has 0 unspecified atom stereocenters. The Morgan fingerprint density at radius 3 is 3.00 bits per heavy atom. The van der Waals surface area contributed by atoms with Crippen LogP contribution in [0.25, 0.3) is 0 Å². The van der Waals surface area contributed by atoms with Crippen molar-refractivity contribution in [3.05, 3.63) is 48.3 Å². The lowest BCUT2D eigenvalue weighted by Crippen LogP contribution is -1.98. The van der Waals surface area contributed by atoms with E-state index in [9.17, 15) is 4.79 Å². The Hall–Kier alpha value is -2.01. The van der Waals surface area contributed by atoms with E-state index in [4.69, 9.17) is 5.73 Å². The fraction of sp³-hybridized carbons (Fsp3) is 0.143. The van der Waals surface area contributed by atoms with Crippen LogP contribution in [0.3, 0.4) is 0 Å². The van der Waals surface area contributed by atoms with Gasteiger partial charge in [-0.1, -0.05) is 6.07 Å². The van der Waals surface area contributed by atoms with Gasteiger partial charge < -0.3 is 11.1 Å². The third-order valence-corrected chi connectivity index (χ3v) is 3.66. The number of rotatable bonds is 6. The molecule has 0 saturated heterocycles. The molecule has 19 heavy (non-hydrogen) atoms.